The van der Waals surface area contributed by atoms with E-state index < -0.39 is 0 Å². The van der Waals surface area contributed by atoms with Crippen LogP contribution in [0.2, 0.25) is 0 Å². The van der Waals surface area contributed by atoms with Gasteiger partial charge in [0, 0.05) is 30.5 Å². The molecule has 0 spiro atoms. The monoisotopic (exact) mass is 563 g/mol. The van der Waals surface area contributed by atoms with Crippen molar-refractivity contribution in [3.05, 3.63) is 83.4 Å². The summed E-state index contributed by atoms with van der Waals surface area (Å²) in [6.07, 6.45) is 2.49. The predicted molar refractivity (Wildman–Crippen MR) is 170 cm³/mol. The molecule has 0 bridgehead atoms. The van der Waals surface area contributed by atoms with Crippen molar-refractivity contribution < 1.29 is 14.4 Å². The van der Waals surface area contributed by atoms with Crippen LogP contribution in [0.5, 0.6) is 0 Å². The van der Waals surface area contributed by atoms with Gasteiger partial charge in [0.2, 0.25) is 17.7 Å². The van der Waals surface area contributed by atoms with Crippen molar-refractivity contribution in [2.45, 2.75) is 86.7 Å². The smallest absolute Gasteiger partial charge is 0.246 e. The van der Waals surface area contributed by atoms with Crippen LogP contribution in [0.1, 0.15) is 79.9 Å². The van der Waals surface area contributed by atoms with Crippen molar-refractivity contribution >= 4 is 17.7 Å². The van der Waals surface area contributed by atoms with Crippen LogP contribution in [0, 0.1) is 17.8 Å². The largest absolute Gasteiger partial charge is 0.348 e. The van der Waals surface area contributed by atoms with Gasteiger partial charge in [0.05, 0.1) is 12.6 Å². The van der Waals surface area contributed by atoms with E-state index in [1.54, 1.807) is 18.9 Å². The maximum atomic E-state index is 13.1. The quantitative estimate of drug-likeness (QED) is 0.289. The molecule has 3 amide bonds. The molecule has 2 N–H and O–H groups in total. The topological polar surface area (TPSA) is 78.5 Å². The number of benzene rings is 2. The Bertz CT molecular complexity index is 1110. The summed E-state index contributed by atoms with van der Waals surface area (Å²) in [4.78, 5) is 40.5. The second kappa shape index (κ2) is 17.4. The Morgan fingerprint density at radius 1 is 0.878 bits per heavy atom. The van der Waals surface area contributed by atoms with Gasteiger partial charge >= 0.3 is 0 Å². The van der Waals surface area contributed by atoms with Crippen LogP contribution in [-0.4, -0.2) is 42.3 Å². The molecule has 0 aliphatic heterocycles. The van der Waals surface area contributed by atoms with Gasteiger partial charge in [-0.3, -0.25) is 14.4 Å². The van der Waals surface area contributed by atoms with E-state index in [1.807, 2.05) is 87.5 Å². The van der Waals surface area contributed by atoms with E-state index in [0.29, 0.717) is 18.5 Å². The number of hydrogen-bond donors (Lipinski definition) is 2. The third-order valence-electron chi connectivity index (χ3n) is 7.13. The fourth-order valence-electron chi connectivity index (χ4n) is 4.67. The lowest BCUT2D eigenvalue weighted by atomic mass is 9.71. The van der Waals surface area contributed by atoms with E-state index >= 15 is 0 Å². The van der Waals surface area contributed by atoms with Gasteiger partial charge in [-0.25, -0.2) is 0 Å². The summed E-state index contributed by atoms with van der Waals surface area (Å²) in [5, 5.41) is 5.80. The standard InChI is InChI=1S/C31H43N3O3.C4H10/c1-8-26(31(5,6)25-17-13-10-14-18-25)30(37)33-21-28(35)34(7)27(22(2)3)19-23(4)29(36)32-20-24-15-11-9-12-16-24;1-4(2)3/h9-19,22,26-27H,8,20-21H2,1-7H3,(H,32,36)(H,33,37);4H,1-3H3/b23-19+;/t26-,27-;/m1./s1. The Labute approximate surface area is 249 Å². The molecule has 0 aromatic heterocycles. The van der Waals surface area contributed by atoms with Gasteiger partial charge in [0.25, 0.3) is 0 Å². The molecule has 0 saturated carbocycles. The molecular formula is C35H53N3O3. The Morgan fingerprint density at radius 2 is 1.39 bits per heavy atom. The van der Waals surface area contributed by atoms with E-state index in [1.165, 1.54) is 0 Å². The molecule has 0 aliphatic carbocycles. The molecule has 2 aromatic carbocycles. The SMILES string of the molecule is CC(C)C.CC[C@H](C(=O)NCC(=O)N(C)[C@H](/C=C(\C)C(=O)NCc1ccccc1)C(C)C)C(C)(C)c1ccccc1. The van der Waals surface area contributed by atoms with Gasteiger partial charge in [-0.05, 0) is 36.3 Å². The van der Waals surface area contributed by atoms with Crippen molar-refractivity contribution in [3.63, 3.8) is 0 Å². The van der Waals surface area contributed by atoms with Crippen molar-refractivity contribution in [3.8, 4) is 0 Å². The summed E-state index contributed by atoms with van der Waals surface area (Å²) in [7, 11) is 1.72. The van der Waals surface area contributed by atoms with E-state index in [4.69, 9.17) is 0 Å². The highest BCUT2D eigenvalue weighted by Gasteiger charge is 2.35. The van der Waals surface area contributed by atoms with Crippen LogP contribution in [0.4, 0.5) is 0 Å². The molecule has 2 rings (SSSR count). The molecular weight excluding hydrogens is 510 g/mol. The number of carbonyl (C=O) groups is 3. The van der Waals surface area contributed by atoms with E-state index in [-0.39, 0.29) is 47.6 Å². The fourth-order valence-corrected chi connectivity index (χ4v) is 4.67. The minimum atomic E-state index is -0.373. The summed E-state index contributed by atoms with van der Waals surface area (Å²) in [6.45, 7) is 18.7. The number of hydrogen-bond acceptors (Lipinski definition) is 3. The van der Waals surface area contributed by atoms with Crippen LogP contribution in [0.3, 0.4) is 0 Å². The zero-order valence-corrected chi connectivity index (χ0v) is 27.0. The lowest BCUT2D eigenvalue weighted by Gasteiger charge is -2.34. The first-order chi connectivity index (χ1) is 19.2. The number of likely N-dealkylation sites (N-methyl/N-ethyl adjacent to an activating group) is 1. The molecule has 0 aliphatic rings. The second-order valence-electron chi connectivity index (χ2n) is 12.3. The highest BCUT2D eigenvalue weighted by molar-refractivity contribution is 5.93. The highest BCUT2D eigenvalue weighted by atomic mass is 16.2. The van der Waals surface area contributed by atoms with E-state index in [0.717, 1.165) is 17.0 Å². The maximum Gasteiger partial charge on any atom is 0.246 e. The molecule has 0 fully saturated rings. The summed E-state index contributed by atoms with van der Waals surface area (Å²) in [5.74, 6) is 0.142. The van der Waals surface area contributed by atoms with Crippen molar-refractivity contribution in [2.75, 3.05) is 13.6 Å². The molecule has 6 nitrogen and oxygen atoms in total. The Balaban J connectivity index is 0.00000196. The zero-order valence-electron chi connectivity index (χ0n) is 27.0. The minimum absolute atomic E-state index is 0.0851. The third-order valence-corrected chi connectivity index (χ3v) is 7.13. The molecule has 2 atom stereocenters. The van der Waals surface area contributed by atoms with Crippen LogP contribution >= 0.6 is 0 Å². The van der Waals surface area contributed by atoms with Crippen LogP contribution < -0.4 is 10.6 Å². The number of carbonyl (C=O) groups excluding carboxylic acids is 3. The van der Waals surface area contributed by atoms with Gasteiger partial charge in [0.15, 0.2) is 0 Å². The Hall–Kier alpha value is -3.41. The van der Waals surface area contributed by atoms with E-state index in [9.17, 15) is 14.4 Å². The van der Waals surface area contributed by atoms with Crippen LogP contribution in [-0.2, 0) is 26.3 Å². The number of amides is 3. The van der Waals surface area contributed by atoms with Crippen molar-refractivity contribution in [1.82, 2.24) is 15.5 Å². The normalized spacial score (nSPS) is 13.1. The highest BCUT2D eigenvalue weighted by Crippen LogP contribution is 2.33. The molecule has 0 radical (unpaired) electrons. The van der Waals surface area contributed by atoms with Crippen molar-refractivity contribution in [1.29, 1.82) is 0 Å². The number of nitrogens with one attached hydrogen (secondary N) is 2. The van der Waals surface area contributed by atoms with Gasteiger partial charge in [-0.1, -0.05) is 122 Å². The minimum Gasteiger partial charge on any atom is -0.348 e. The number of nitrogens with zero attached hydrogens (tertiary/aromatic N) is 1. The molecule has 6 heteroatoms. The lowest BCUT2D eigenvalue weighted by molar-refractivity contribution is -0.135. The lowest BCUT2D eigenvalue weighted by Crippen LogP contribution is -2.48. The van der Waals surface area contributed by atoms with Crippen LogP contribution in [0.25, 0.3) is 0 Å². The van der Waals surface area contributed by atoms with Gasteiger partial charge in [-0.15, -0.1) is 0 Å². The zero-order chi connectivity index (χ0) is 31.2. The van der Waals surface area contributed by atoms with Crippen LogP contribution in [0.15, 0.2) is 72.3 Å². The Morgan fingerprint density at radius 3 is 1.88 bits per heavy atom. The first-order valence-corrected chi connectivity index (χ1v) is 14.8. The maximum absolute atomic E-state index is 13.1. The molecule has 0 heterocycles. The third kappa shape index (κ3) is 11.9. The molecule has 0 unspecified atom stereocenters. The first kappa shape index (κ1) is 35.6. The summed E-state index contributed by atoms with van der Waals surface area (Å²) in [5.41, 5.74) is 2.29. The van der Waals surface area contributed by atoms with Gasteiger partial charge in [0.1, 0.15) is 0 Å². The molecule has 41 heavy (non-hydrogen) atoms. The summed E-state index contributed by atoms with van der Waals surface area (Å²) < 4.78 is 0. The van der Waals surface area contributed by atoms with Crippen molar-refractivity contribution in [2.24, 2.45) is 17.8 Å². The summed E-state index contributed by atoms with van der Waals surface area (Å²) in [6, 6.07) is 19.4. The van der Waals surface area contributed by atoms with Gasteiger partial charge in [-0.2, -0.15) is 0 Å². The second-order valence-corrected chi connectivity index (χ2v) is 12.3. The fraction of sp³-hybridized carbons (Fsp3) is 0.514. The number of rotatable bonds is 12. The molecule has 226 valence electrons. The average Bonchev–Trinajstić information content (AvgIpc) is 2.93. The molecule has 2 aromatic rings. The average molecular weight is 564 g/mol. The summed E-state index contributed by atoms with van der Waals surface area (Å²) >= 11 is 0. The van der Waals surface area contributed by atoms with E-state index in [2.05, 4.69) is 45.3 Å². The molecule has 0 saturated heterocycles. The van der Waals surface area contributed by atoms with Gasteiger partial charge < -0.3 is 15.5 Å². The predicted octanol–water partition coefficient (Wildman–Crippen LogP) is 6.51. The Kier molecular flexibility index (Phi) is 15.1. The first-order valence-electron chi connectivity index (χ1n) is 14.8.